The van der Waals surface area contributed by atoms with Crippen LogP contribution in [0, 0.1) is 0 Å². The minimum Gasteiger partial charge on any atom is -0.404 e. The lowest BCUT2D eigenvalue weighted by molar-refractivity contribution is -0.0931. The van der Waals surface area contributed by atoms with Gasteiger partial charge in [-0.25, -0.2) is 0 Å². The molecule has 0 spiro atoms. The van der Waals surface area contributed by atoms with Crippen molar-refractivity contribution in [1.82, 2.24) is 0 Å². The molecule has 19 nitrogen and oxygen atoms in total. The third-order valence-corrected chi connectivity index (χ3v) is 50.7. The van der Waals surface area contributed by atoms with Crippen LogP contribution < -0.4 is 0 Å². The molecule has 0 radical (unpaired) electrons. The Morgan fingerprint density at radius 3 is 0.816 bits per heavy atom. The van der Waals surface area contributed by atoms with Crippen molar-refractivity contribution >= 4 is 147 Å². The first-order chi connectivity index (χ1) is 22.5. The first-order valence-electron chi connectivity index (χ1n) is 16.4. The smallest absolute Gasteiger partial charge is 0.404 e. The van der Waals surface area contributed by atoms with E-state index in [1.807, 2.05) is 91.7 Å². The van der Waals surface area contributed by atoms with Crippen molar-refractivity contribution in [2.75, 3.05) is 0 Å². The monoisotopic (exact) mass is 974 g/mol. The summed E-state index contributed by atoms with van der Waals surface area (Å²) in [5, 5.41) is 0. The summed E-state index contributed by atoms with van der Waals surface area (Å²) < 4.78 is 129. The van der Waals surface area contributed by atoms with Crippen LogP contribution in [0.5, 0.6) is 0 Å². The fourth-order valence-electron chi connectivity index (χ4n) is 4.64. The van der Waals surface area contributed by atoms with E-state index < -0.39 is 137 Å². The van der Waals surface area contributed by atoms with Gasteiger partial charge in [-0.3, -0.25) is 0 Å². The Hall–Kier alpha value is 2.71. The highest BCUT2D eigenvalue weighted by molar-refractivity contribution is 6.98. The van der Waals surface area contributed by atoms with E-state index in [2.05, 4.69) is 0 Å². The van der Waals surface area contributed by atoms with Crippen LogP contribution in [-0.4, -0.2) is 147 Å². The lowest BCUT2D eigenvalue weighted by Gasteiger charge is -2.55. The van der Waals surface area contributed by atoms with E-state index in [0.29, 0.717) is 0 Å². The van der Waals surface area contributed by atoms with Crippen molar-refractivity contribution < 1.29 is 78.2 Å². The Morgan fingerprint density at radius 2 is 0.571 bits per heavy atom. The molecule has 4 rings (SSSR count). The summed E-state index contributed by atoms with van der Waals surface area (Å²) in [5.41, 5.74) is 0. The highest BCUT2D eigenvalue weighted by Crippen LogP contribution is 2.46. The van der Waals surface area contributed by atoms with Gasteiger partial charge in [0.05, 0.1) is 0 Å². The maximum absolute atomic E-state index is 7.02. The van der Waals surface area contributed by atoms with Crippen LogP contribution in [0.3, 0.4) is 0 Å². The lowest BCUT2D eigenvalue weighted by atomic mass is 11.9. The van der Waals surface area contributed by atoms with Gasteiger partial charge in [0.15, 0.2) is 63.3 Å². The van der Waals surface area contributed by atoms with Gasteiger partial charge in [0.25, 0.3) is 10.0 Å². The van der Waals surface area contributed by atoms with Crippen molar-refractivity contribution in [3.05, 3.63) is 0 Å². The summed E-state index contributed by atoms with van der Waals surface area (Å²) >= 11 is 0. The van der Waals surface area contributed by atoms with Crippen molar-refractivity contribution in [2.45, 2.75) is 91.7 Å². The van der Waals surface area contributed by atoms with Crippen LogP contribution in [0.4, 0.5) is 0 Å². The Morgan fingerprint density at radius 1 is 0.347 bits per heavy atom. The lowest BCUT2D eigenvalue weighted by Crippen LogP contribution is -2.87. The van der Waals surface area contributed by atoms with Crippen molar-refractivity contribution in [1.29, 1.82) is 0 Å². The van der Waals surface area contributed by atoms with Gasteiger partial charge < -0.3 is 78.2 Å². The highest BCUT2D eigenvalue weighted by atomic mass is 28.7. The Balaban J connectivity index is 2.17. The molecular weight excluding hydrogens is 922 g/mol. The van der Waals surface area contributed by atoms with E-state index in [4.69, 9.17) is 78.2 Å². The fourth-order valence-corrected chi connectivity index (χ4v) is 61.4. The predicted octanol–water partition coefficient (Wildman–Crippen LogP) is -2.43. The molecule has 4 atom stereocenters. The third kappa shape index (κ3) is 11.4. The molecule has 4 aliphatic rings. The number of hydrogen-bond donors (Lipinski definition) is 0. The molecule has 4 unspecified atom stereocenters. The van der Waals surface area contributed by atoms with E-state index in [1.54, 1.807) is 0 Å². The van der Waals surface area contributed by atoms with Crippen LogP contribution in [0.15, 0.2) is 0 Å². The topological polar surface area (TPSA) is 175 Å². The SMILES string of the molecule is C[SiH](C)O[Si]1(O[SiH3])O[Si]2(O[SiH](C)C)O[Si]3(O[SiH](C)C)O[SiH2]O[Si]4(O[SiH](C)C)O[Si](O[SiH](C)C)(O1)O[Si](O[SiH](C)C)(O2)O[Si](O[SiH](C)C)(O3)O4. The van der Waals surface area contributed by atoms with E-state index in [-0.39, 0.29) is 10.5 Å². The molecule has 4 heterocycles. The summed E-state index contributed by atoms with van der Waals surface area (Å²) in [6, 6.07) is 0. The molecule has 0 aromatic heterocycles. The number of hydrogen-bond acceptors (Lipinski definition) is 19. The first kappa shape index (κ1) is 44.4. The van der Waals surface area contributed by atoms with Gasteiger partial charge in [0.2, 0.25) is 0 Å². The van der Waals surface area contributed by atoms with Gasteiger partial charge in [-0.2, -0.15) is 0 Å². The predicted molar refractivity (Wildman–Crippen MR) is 212 cm³/mol. The molecule has 0 amide bonds. The second kappa shape index (κ2) is 17.1. The average Bonchev–Trinajstić information content (AvgIpc) is 2.81. The fraction of sp³-hybridized carbons (Fsp3) is 1.00. The summed E-state index contributed by atoms with van der Waals surface area (Å²) in [6.07, 6.45) is 0. The maximum Gasteiger partial charge on any atom is 0.651 e. The minimum atomic E-state index is -4.70. The van der Waals surface area contributed by atoms with Crippen LogP contribution in [0.25, 0.3) is 0 Å². The zero-order valence-electron chi connectivity index (χ0n) is 31.0. The largest absolute Gasteiger partial charge is 0.651 e. The average molecular weight is 976 g/mol. The van der Waals surface area contributed by atoms with Gasteiger partial charge in [0, 0.05) is 0 Å². The molecule has 0 aromatic rings. The standard InChI is InChI=1S/C14H54O19Si16/c1-36(2)18-43(15-34)25-46(21-39(7)8)27-44(19-37(3)4)16-35-17-45(20-38(5)6)28-47(26-43,22-40(9)10)32-49(31-46,24-42(13)14)33-48(29-44,30-45)23-41(11)12/h36-42H,35H2,1-14,34H3. The van der Waals surface area contributed by atoms with Crippen LogP contribution >= 0.6 is 0 Å². The van der Waals surface area contributed by atoms with E-state index in [9.17, 15) is 0 Å². The van der Waals surface area contributed by atoms with Crippen LogP contribution in [0.1, 0.15) is 0 Å². The zero-order chi connectivity index (χ0) is 36.7. The van der Waals surface area contributed by atoms with Gasteiger partial charge in [-0.15, -0.1) is 0 Å². The molecule has 0 aromatic carbocycles. The number of rotatable bonds is 15. The molecule has 4 saturated heterocycles. The third-order valence-electron chi connectivity index (χ3n) is 5.63. The van der Waals surface area contributed by atoms with E-state index in [1.165, 1.54) is 0 Å². The molecule has 0 N–H and O–H groups in total. The summed E-state index contributed by atoms with van der Waals surface area (Å²) in [7, 11) is -48.5. The molecule has 0 saturated carbocycles. The second-order valence-corrected chi connectivity index (χ2v) is 53.0. The molecule has 288 valence electrons. The normalized spacial score (nSPS) is 40.6. The Kier molecular flexibility index (Phi) is 15.5. The molecule has 4 aliphatic heterocycles. The number of fused-ring (bicyclic) bond motifs is 4. The highest BCUT2D eigenvalue weighted by Gasteiger charge is 2.85. The molecule has 35 heteroatoms. The van der Waals surface area contributed by atoms with E-state index >= 15 is 0 Å². The molecular formula is C14H54O19Si16. The molecule has 0 aliphatic carbocycles. The minimum absolute atomic E-state index is 0.107. The van der Waals surface area contributed by atoms with Crippen molar-refractivity contribution in [3.8, 4) is 0 Å². The Labute approximate surface area is 315 Å². The molecule has 6 bridgehead atoms. The quantitative estimate of drug-likeness (QED) is 0.158. The Bertz CT molecular complexity index is 1060. The maximum atomic E-state index is 7.02. The van der Waals surface area contributed by atoms with Gasteiger partial charge in [-0.1, -0.05) is 0 Å². The first-order valence-corrected chi connectivity index (χ1v) is 49.3. The van der Waals surface area contributed by atoms with Gasteiger partial charge in [0.1, 0.15) is 10.5 Å². The summed E-state index contributed by atoms with van der Waals surface area (Å²) in [4.78, 5) is 0. The van der Waals surface area contributed by atoms with E-state index in [0.717, 1.165) is 0 Å². The summed E-state index contributed by atoms with van der Waals surface area (Å²) in [6.45, 7) is 27.2. The van der Waals surface area contributed by atoms with Crippen molar-refractivity contribution in [2.24, 2.45) is 0 Å². The zero-order valence-corrected chi connectivity index (χ0v) is 49.5. The van der Waals surface area contributed by atoms with Crippen LogP contribution in [-0.2, 0) is 78.2 Å². The molecule has 49 heavy (non-hydrogen) atoms. The van der Waals surface area contributed by atoms with Crippen molar-refractivity contribution in [3.63, 3.8) is 0 Å². The van der Waals surface area contributed by atoms with Gasteiger partial charge >= 0.3 is 63.3 Å². The molecule has 4 fully saturated rings. The van der Waals surface area contributed by atoms with Gasteiger partial charge in [-0.05, 0) is 91.7 Å². The van der Waals surface area contributed by atoms with Crippen LogP contribution in [0.2, 0.25) is 91.7 Å². The summed E-state index contributed by atoms with van der Waals surface area (Å²) in [5.74, 6) is 0. The second-order valence-electron chi connectivity index (χ2n) is 13.2.